The lowest BCUT2D eigenvalue weighted by molar-refractivity contribution is 0.112. The van der Waals surface area contributed by atoms with Crippen LogP contribution in [0.4, 0.5) is 0 Å². The second-order valence-electron chi connectivity index (χ2n) is 6.92. The SMILES string of the molecule is CCOc1cc(C=O)ccc1OCCCSc1nnc(C(C)(C)C)n1C. The standard InChI is InChI=1S/C19H27N3O3S/c1-6-24-16-12-14(13-23)8-9-15(16)25-10-7-11-26-18-21-20-17(22(18)5)19(2,3)4/h8-9,12-13H,6-7,10-11H2,1-5H3. The van der Waals surface area contributed by atoms with Crippen molar-refractivity contribution in [3.05, 3.63) is 29.6 Å². The van der Waals surface area contributed by atoms with Gasteiger partial charge in [0.2, 0.25) is 0 Å². The van der Waals surface area contributed by atoms with Crippen LogP contribution in [-0.2, 0) is 12.5 Å². The minimum atomic E-state index is -0.0208. The van der Waals surface area contributed by atoms with Gasteiger partial charge in [-0.05, 0) is 31.5 Å². The maximum absolute atomic E-state index is 10.9. The molecule has 0 N–H and O–H groups in total. The molecule has 1 heterocycles. The topological polar surface area (TPSA) is 66.2 Å². The van der Waals surface area contributed by atoms with Crippen LogP contribution in [0.3, 0.4) is 0 Å². The van der Waals surface area contributed by atoms with Gasteiger partial charge in [0.1, 0.15) is 12.1 Å². The molecular weight excluding hydrogens is 350 g/mol. The number of nitrogens with zero attached hydrogens (tertiary/aromatic N) is 3. The predicted octanol–water partition coefficient (Wildman–Crippen LogP) is 3.89. The Hall–Kier alpha value is -2.02. The lowest BCUT2D eigenvalue weighted by atomic mass is 9.96. The molecule has 0 aliphatic heterocycles. The Morgan fingerprint density at radius 3 is 2.58 bits per heavy atom. The molecule has 1 aromatic carbocycles. The van der Waals surface area contributed by atoms with Gasteiger partial charge in [0.25, 0.3) is 0 Å². The second kappa shape index (κ2) is 9.07. The molecule has 0 aliphatic carbocycles. The summed E-state index contributed by atoms with van der Waals surface area (Å²) < 4.78 is 13.4. The van der Waals surface area contributed by atoms with Gasteiger partial charge in [-0.3, -0.25) is 4.79 Å². The van der Waals surface area contributed by atoms with E-state index in [-0.39, 0.29) is 5.41 Å². The summed E-state index contributed by atoms with van der Waals surface area (Å²) in [6.07, 6.45) is 1.67. The van der Waals surface area contributed by atoms with E-state index in [1.165, 1.54) is 0 Å². The Labute approximate surface area is 159 Å². The van der Waals surface area contributed by atoms with Crippen LogP contribution in [0, 0.1) is 0 Å². The largest absolute Gasteiger partial charge is 0.490 e. The van der Waals surface area contributed by atoms with Crippen molar-refractivity contribution in [2.24, 2.45) is 7.05 Å². The minimum Gasteiger partial charge on any atom is -0.490 e. The molecule has 26 heavy (non-hydrogen) atoms. The lowest BCUT2D eigenvalue weighted by Gasteiger charge is -2.16. The van der Waals surface area contributed by atoms with Crippen LogP contribution >= 0.6 is 11.8 Å². The molecule has 0 spiro atoms. The smallest absolute Gasteiger partial charge is 0.190 e. The Morgan fingerprint density at radius 2 is 1.96 bits per heavy atom. The number of carbonyl (C=O) groups is 1. The van der Waals surface area contributed by atoms with Crippen molar-refractivity contribution >= 4 is 18.0 Å². The van der Waals surface area contributed by atoms with Crippen molar-refractivity contribution < 1.29 is 14.3 Å². The van der Waals surface area contributed by atoms with E-state index in [0.29, 0.717) is 30.3 Å². The second-order valence-corrected chi connectivity index (χ2v) is 7.98. The zero-order valence-corrected chi connectivity index (χ0v) is 16.9. The van der Waals surface area contributed by atoms with Crippen LogP contribution in [-0.4, -0.2) is 40.0 Å². The zero-order chi connectivity index (χ0) is 19.2. The van der Waals surface area contributed by atoms with Crippen molar-refractivity contribution in [3.63, 3.8) is 0 Å². The third kappa shape index (κ3) is 5.24. The summed E-state index contributed by atoms with van der Waals surface area (Å²) in [6.45, 7) is 9.39. The molecule has 2 aromatic rings. The van der Waals surface area contributed by atoms with Crippen molar-refractivity contribution in [2.75, 3.05) is 19.0 Å². The van der Waals surface area contributed by atoms with E-state index in [4.69, 9.17) is 9.47 Å². The third-order valence-electron chi connectivity index (χ3n) is 3.69. The number of aldehydes is 1. The number of hydrogen-bond acceptors (Lipinski definition) is 6. The van der Waals surface area contributed by atoms with Crippen LogP contribution in [0.1, 0.15) is 50.3 Å². The summed E-state index contributed by atoms with van der Waals surface area (Å²) in [7, 11) is 2.00. The summed E-state index contributed by atoms with van der Waals surface area (Å²) in [5.41, 5.74) is 0.556. The number of hydrogen-bond donors (Lipinski definition) is 0. The van der Waals surface area contributed by atoms with E-state index in [1.54, 1.807) is 30.0 Å². The summed E-state index contributed by atoms with van der Waals surface area (Å²) in [6, 6.07) is 5.21. The molecule has 0 radical (unpaired) electrons. The van der Waals surface area contributed by atoms with Crippen LogP contribution in [0.2, 0.25) is 0 Å². The maximum Gasteiger partial charge on any atom is 0.190 e. The number of aromatic nitrogens is 3. The van der Waals surface area contributed by atoms with Gasteiger partial charge in [0, 0.05) is 23.8 Å². The lowest BCUT2D eigenvalue weighted by Crippen LogP contribution is -2.17. The Balaban J connectivity index is 1.84. The molecule has 0 saturated heterocycles. The van der Waals surface area contributed by atoms with Gasteiger partial charge < -0.3 is 14.0 Å². The van der Waals surface area contributed by atoms with Crippen LogP contribution < -0.4 is 9.47 Å². The molecule has 0 saturated carbocycles. The van der Waals surface area contributed by atoms with Gasteiger partial charge >= 0.3 is 0 Å². The highest BCUT2D eigenvalue weighted by Crippen LogP contribution is 2.28. The zero-order valence-electron chi connectivity index (χ0n) is 16.1. The monoisotopic (exact) mass is 377 g/mol. The number of carbonyl (C=O) groups excluding carboxylic acids is 1. The molecule has 7 heteroatoms. The van der Waals surface area contributed by atoms with Crippen LogP contribution in [0.25, 0.3) is 0 Å². The molecular formula is C19H27N3O3S. The molecule has 2 rings (SSSR count). The van der Waals surface area contributed by atoms with Crippen LogP contribution in [0.5, 0.6) is 11.5 Å². The predicted molar refractivity (Wildman–Crippen MR) is 104 cm³/mol. The third-order valence-corrected chi connectivity index (χ3v) is 4.79. The normalized spacial score (nSPS) is 11.4. The average molecular weight is 378 g/mol. The summed E-state index contributed by atoms with van der Waals surface area (Å²) in [4.78, 5) is 10.9. The first-order valence-corrected chi connectivity index (χ1v) is 9.73. The first-order chi connectivity index (χ1) is 12.4. The fourth-order valence-corrected chi connectivity index (χ4v) is 3.31. The molecule has 1 aromatic heterocycles. The first-order valence-electron chi connectivity index (χ1n) is 8.74. The number of thioether (sulfide) groups is 1. The molecule has 6 nitrogen and oxygen atoms in total. The van der Waals surface area contributed by atoms with E-state index in [2.05, 4.69) is 35.5 Å². The Morgan fingerprint density at radius 1 is 1.19 bits per heavy atom. The van der Waals surface area contributed by atoms with Crippen molar-refractivity contribution in [1.82, 2.24) is 14.8 Å². The van der Waals surface area contributed by atoms with Gasteiger partial charge in [0.15, 0.2) is 16.7 Å². The summed E-state index contributed by atoms with van der Waals surface area (Å²) in [5, 5.41) is 9.49. The molecule has 0 atom stereocenters. The van der Waals surface area contributed by atoms with Gasteiger partial charge in [-0.15, -0.1) is 10.2 Å². The Kier molecular flexibility index (Phi) is 7.08. The highest BCUT2D eigenvalue weighted by atomic mass is 32.2. The highest BCUT2D eigenvalue weighted by molar-refractivity contribution is 7.99. The summed E-state index contributed by atoms with van der Waals surface area (Å²) >= 11 is 1.67. The van der Waals surface area contributed by atoms with Crippen molar-refractivity contribution in [2.45, 2.75) is 44.7 Å². The molecule has 0 aliphatic rings. The van der Waals surface area contributed by atoms with Crippen molar-refractivity contribution in [3.8, 4) is 11.5 Å². The van der Waals surface area contributed by atoms with E-state index in [1.807, 2.05) is 14.0 Å². The van der Waals surface area contributed by atoms with E-state index < -0.39 is 0 Å². The quantitative estimate of drug-likeness (QED) is 0.375. The van der Waals surface area contributed by atoms with Crippen molar-refractivity contribution in [1.29, 1.82) is 0 Å². The Bertz CT molecular complexity index is 738. The fraction of sp³-hybridized carbons (Fsp3) is 0.526. The van der Waals surface area contributed by atoms with E-state index in [0.717, 1.165) is 29.4 Å². The number of rotatable bonds is 9. The maximum atomic E-state index is 10.9. The molecule has 0 bridgehead atoms. The van der Waals surface area contributed by atoms with Gasteiger partial charge in [0.05, 0.1) is 13.2 Å². The van der Waals surface area contributed by atoms with Gasteiger partial charge in [-0.2, -0.15) is 0 Å². The molecule has 142 valence electrons. The summed E-state index contributed by atoms with van der Waals surface area (Å²) in [5.74, 6) is 3.13. The van der Waals surface area contributed by atoms with Gasteiger partial charge in [-0.1, -0.05) is 32.5 Å². The highest BCUT2D eigenvalue weighted by Gasteiger charge is 2.21. The average Bonchev–Trinajstić information content (AvgIpc) is 2.97. The first kappa shape index (κ1) is 20.3. The fourth-order valence-electron chi connectivity index (χ4n) is 2.48. The van der Waals surface area contributed by atoms with E-state index in [9.17, 15) is 4.79 Å². The van der Waals surface area contributed by atoms with Gasteiger partial charge in [-0.25, -0.2) is 0 Å². The molecule has 0 amide bonds. The number of ether oxygens (including phenoxy) is 2. The number of benzene rings is 1. The minimum absolute atomic E-state index is 0.0208. The molecule has 0 fully saturated rings. The van der Waals surface area contributed by atoms with E-state index >= 15 is 0 Å². The van der Waals surface area contributed by atoms with Crippen LogP contribution in [0.15, 0.2) is 23.4 Å². The molecule has 0 unspecified atom stereocenters.